The van der Waals surface area contributed by atoms with Crippen LogP contribution in [0.3, 0.4) is 0 Å². The van der Waals surface area contributed by atoms with Crippen LogP contribution in [0.5, 0.6) is 0 Å². The van der Waals surface area contributed by atoms with E-state index in [0.717, 1.165) is 37.7 Å². The molecule has 18 heavy (non-hydrogen) atoms. The molecular formula is C13H28N4S. The van der Waals surface area contributed by atoms with Crippen LogP contribution in [0.25, 0.3) is 0 Å². The average Bonchev–Trinajstić information content (AvgIpc) is 2.71. The maximum absolute atomic E-state index is 5.51. The Hall–Kier alpha value is -0.390. The van der Waals surface area contributed by atoms with Crippen molar-refractivity contribution in [3.63, 3.8) is 0 Å². The minimum absolute atomic E-state index is 0.592. The zero-order chi connectivity index (χ0) is 13.5. The molecule has 1 N–H and O–H groups in total. The van der Waals surface area contributed by atoms with Gasteiger partial charge in [-0.3, -0.25) is 0 Å². The highest BCUT2D eigenvalue weighted by Gasteiger charge is 2.26. The third kappa shape index (κ3) is 5.50. The second-order valence-corrected chi connectivity index (χ2v) is 6.03. The molecule has 0 saturated carbocycles. The molecule has 0 aromatic carbocycles. The standard InChI is InChI=1S/C13H28N4S/c1-15(2)9-6-8-14-13(18)17-10-5-7-12(17)11-16(3)4/h12H,5-11H2,1-4H3,(H,14,18). The molecule has 1 rings (SSSR count). The van der Waals surface area contributed by atoms with Crippen LogP contribution in [0.4, 0.5) is 0 Å². The van der Waals surface area contributed by atoms with Gasteiger partial charge in [-0.1, -0.05) is 0 Å². The van der Waals surface area contributed by atoms with Gasteiger partial charge in [-0.05, 0) is 66.2 Å². The summed E-state index contributed by atoms with van der Waals surface area (Å²) in [7, 11) is 8.46. The zero-order valence-corrected chi connectivity index (χ0v) is 13.1. The molecule has 0 aromatic heterocycles. The van der Waals surface area contributed by atoms with Crippen molar-refractivity contribution in [1.29, 1.82) is 0 Å². The molecule has 1 fully saturated rings. The van der Waals surface area contributed by atoms with Crippen LogP contribution in [0.1, 0.15) is 19.3 Å². The summed E-state index contributed by atoms with van der Waals surface area (Å²) in [5, 5.41) is 4.34. The van der Waals surface area contributed by atoms with E-state index < -0.39 is 0 Å². The van der Waals surface area contributed by atoms with Gasteiger partial charge in [0.15, 0.2) is 5.11 Å². The van der Waals surface area contributed by atoms with Crippen LogP contribution in [-0.2, 0) is 0 Å². The summed E-state index contributed by atoms with van der Waals surface area (Å²) in [6.45, 7) is 4.29. The van der Waals surface area contributed by atoms with E-state index in [1.54, 1.807) is 0 Å². The SMILES string of the molecule is CN(C)CCCNC(=S)N1CCCC1CN(C)C. The maximum Gasteiger partial charge on any atom is 0.169 e. The fourth-order valence-corrected chi connectivity index (χ4v) is 2.75. The highest BCUT2D eigenvalue weighted by molar-refractivity contribution is 7.80. The van der Waals surface area contributed by atoms with Crippen LogP contribution in [0.2, 0.25) is 0 Å². The molecule has 1 saturated heterocycles. The molecule has 1 atom stereocenters. The Labute approximate surface area is 117 Å². The van der Waals surface area contributed by atoms with E-state index >= 15 is 0 Å². The van der Waals surface area contributed by atoms with Crippen molar-refractivity contribution in [3.05, 3.63) is 0 Å². The molecular weight excluding hydrogens is 244 g/mol. The van der Waals surface area contributed by atoms with Gasteiger partial charge in [0.05, 0.1) is 0 Å². The van der Waals surface area contributed by atoms with E-state index in [-0.39, 0.29) is 0 Å². The molecule has 1 unspecified atom stereocenters. The van der Waals surface area contributed by atoms with Crippen molar-refractivity contribution < 1.29 is 0 Å². The molecule has 1 heterocycles. The molecule has 5 heteroatoms. The maximum atomic E-state index is 5.51. The molecule has 1 aliphatic rings. The molecule has 0 radical (unpaired) electrons. The number of thiocarbonyl (C=S) groups is 1. The van der Waals surface area contributed by atoms with E-state index in [2.05, 4.69) is 48.2 Å². The summed E-state index contributed by atoms with van der Waals surface area (Å²) >= 11 is 5.51. The van der Waals surface area contributed by atoms with Gasteiger partial charge in [0.1, 0.15) is 0 Å². The fourth-order valence-electron chi connectivity index (χ4n) is 2.41. The predicted molar refractivity (Wildman–Crippen MR) is 82.1 cm³/mol. The van der Waals surface area contributed by atoms with Gasteiger partial charge < -0.3 is 20.0 Å². The van der Waals surface area contributed by atoms with E-state index in [4.69, 9.17) is 12.2 Å². The predicted octanol–water partition coefficient (Wildman–Crippen LogP) is 0.839. The van der Waals surface area contributed by atoms with Gasteiger partial charge in [-0.2, -0.15) is 0 Å². The molecule has 4 nitrogen and oxygen atoms in total. The van der Waals surface area contributed by atoms with Crippen molar-refractivity contribution in [2.24, 2.45) is 0 Å². The number of likely N-dealkylation sites (N-methyl/N-ethyl adjacent to an activating group) is 1. The van der Waals surface area contributed by atoms with Gasteiger partial charge in [0.2, 0.25) is 0 Å². The van der Waals surface area contributed by atoms with Gasteiger partial charge in [0.25, 0.3) is 0 Å². The lowest BCUT2D eigenvalue weighted by Crippen LogP contribution is -2.46. The molecule has 106 valence electrons. The number of hydrogen-bond donors (Lipinski definition) is 1. The van der Waals surface area contributed by atoms with Crippen LogP contribution in [0, 0.1) is 0 Å². The van der Waals surface area contributed by atoms with Crippen molar-refractivity contribution in [2.75, 3.05) is 54.4 Å². The first-order chi connectivity index (χ1) is 8.50. The van der Waals surface area contributed by atoms with E-state index in [9.17, 15) is 0 Å². The Balaban J connectivity index is 2.27. The Bertz CT molecular complexity index is 255. The molecule has 0 aromatic rings. The topological polar surface area (TPSA) is 21.8 Å². The molecule has 0 amide bonds. The van der Waals surface area contributed by atoms with Crippen molar-refractivity contribution in [1.82, 2.24) is 20.0 Å². The first-order valence-corrected chi connectivity index (χ1v) is 7.25. The summed E-state index contributed by atoms with van der Waals surface area (Å²) in [6, 6.07) is 0.592. The van der Waals surface area contributed by atoms with E-state index in [1.807, 2.05) is 0 Å². The fraction of sp³-hybridized carbons (Fsp3) is 0.923. The van der Waals surface area contributed by atoms with Gasteiger partial charge >= 0.3 is 0 Å². The van der Waals surface area contributed by atoms with Gasteiger partial charge in [-0.15, -0.1) is 0 Å². The number of hydrogen-bond acceptors (Lipinski definition) is 3. The Morgan fingerprint density at radius 1 is 1.28 bits per heavy atom. The number of likely N-dealkylation sites (tertiary alicyclic amines) is 1. The smallest absolute Gasteiger partial charge is 0.169 e. The minimum Gasteiger partial charge on any atom is -0.363 e. The Morgan fingerprint density at radius 3 is 2.61 bits per heavy atom. The van der Waals surface area contributed by atoms with Crippen LogP contribution in [-0.4, -0.2) is 80.2 Å². The summed E-state index contributed by atoms with van der Waals surface area (Å²) in [6.07, 6.45) is 3.66. The molecule has 0 aliphatic carbocycles. The Kier molecular flexibility index (Phi) is 6.89. The summed E-state index contributed by atoms with van der Waals surface area (Å²) in [5.41, 5.74) is 0. The monoisotopic (exact) mass is 272 g/mol. The molecule has 0 bridgehead atoms. The Morgan fingerprint density at radius 2 is 2.00 bits per heavy atom. The second kappa shape index (κ2) is 7.92. The lowest BCUT2D eigenvalue weighted by molar-refractivity contribution is 0.283. The first kappa shape index (κ1) is 15.7. The lowest BCUT2D eigenvalue weighted by Gasteiger charge is -2.29. The van der Waals surface area contributed by atoms with E-state index in [1.165, 1.54) is 12.8 Å². The van der Waals surface area contributed by atoms with Crippen LogP contribution < -0.4 is 5.32 Å². The second-order valence-electron chi connectivity index (χ2n) is 5.64. The van der Waals surface area contributed by atoms with E-state index in [0.29, 0.717) is 6.04 Å². The lowest BCUT2D eigenvalue weighted by atomic mass is 10.2. The number of nitrogens with zero attached hydrogens (tertiary/aromatic N) is 3. The third-order valence-corrected chi connectivity index (χ3v) is 3.65. The normalized spacial score (nSPS) is 19.9. The molecule has 1 aliphatic heterocycles. The number of rotatable bonds is 6. The molecule has 0 spiro atoms. The van der Waals surface area contributed by atoms with Crippen molar-refractivity contribution >= 4 is 17.3 Å². The largest absolute Gasteiger partial charge is 0.363 e. The summed E-state index contributed by atoms with van der Waals surface area (Å²) < 4.78 is 0. The van der Waals surface area contributed by atoms with Gasteiger partial charge in [-0.25, -0.2) is 0 Å². The average molecular weight is 272 g/mol. The quantitative estimate of drug-likeness (QED) is 0.570. The highest BCUT2D eigenvalue weighted by atomic mass is 32.1. The minimum atomic E-state index is 0.592. The third-order valence-electron chi connectivity index (χ3n) is 3.27. The summed E-state index contributed by atoms with van der Waals surface area (Å²) in [4.78, 5) is 6.82. The van der Waals surface area contributed by atoms with Gasteiger partial charge in [0, 0.05) is 25.7 Å². The highest BCUT2D eigenvalue weighted by Crippen LogP contribution is 2.17. The van der Waals surface area contributed by atoms with Crippen LogP contribution >= 0.6 is 12.2 Å². The zero-order valence-electron chi connectivity index (χ0n) is 12.3. The summed E-state index contributed by atoms with van der Waals surface area (Å²) in [5.74, 6) is 0. The first-order valence-electron chi connectivity index (χ1n) is 6.84. The van der Waals surface area contributed by atoms with Crippen LogP contribution in [0.15, 0.2) is 0 Å². The van der Waals surface area contributed by atoms with Crippen molar-refractivity contribution in [2.45, 2.75) is 25.3 Å². The number of nitrogens with one attached hydrogen (secondary N) is 1. The van der Waals surface area contributed by atoms with Crippen molar-refractivity contribution in [3.8, 4) is 0 Å².